The van der Waals surface area contributed by atoms with E-state index in [-0.39, 0.29) is 13.2 Å². The van der Waals surface area contributed by atoms with Gasteiger partial charge < -0.3 is 25.0 Å². The number of nitrogens with zero attached hydrogens (tertiary/aromatic N) is 1. The van der Waals surface area contributed by atoms with Crippen molar-refractivity contribution in [2.75, 3.05) is 18.5 Å². The fourth-order valence-corrected chi connectivity index (χ4v) is 2.95. The molecule has 0 radical (unpaired) electrons. The van der Waals surface area contributed by atoms with E-state index in [0.29, 0.717) is 34.9 Å². The van der Waals surface area contributed by atoms with Crippen molar-refractivity contribution in [3.8, 4) is 17.6 Å². The summed E-state index contributed by atoms with van der Waals surface area (Å²) in [5, 5.41) is 30.9. The van der Waals surface area contributed by atoms with E-state index in [0.717, 1.165) is 5.56 Å². The molecule has 0 bridgehead atoms. The molecule has 0 amide bonds. The summed E-state index contributed by atoms with van der Waals surface area (Å²) in [6.07, 6.45) is 0. The maximum absolute atomic E-state index is 12.1. The first-order chi connectivity index (χ1) is 15.1. The lowest BCUT2D eigenvalue weighted by atomic mass is 10.0. The summed E-state index contributed by atoms with van der Waals surface area (Å²) >= 11 is 0. The molecule has 0 saturated heterocycles. The highest BCUT2D eigenvalue weighted by Crippen LogP contribution is 2.32. The van der Waals surface area contributed by atoms with Gasteiger partial charge in [-0.3, -0.25) is 0 Å². The van der Waals surface area contributed by atoms with Crippen molar-refractivity contribution >= 4 is 11.7 Å². The van der Waals surface area contributed by atoms with Gasteiger partial charge in [0.15, 0.2) is 6.04 Å². The van der Waals surface area contributed by atoms with Crippen LogP contribution in [-0.4, -0.2) is 29.4 Å². The summed E-state index contributed by atoms with van der Waals surface area (Å²) in [5.41, 5.74) is 2.35. The molecule has 3 aromatic rings. The molecular formula is C24H22N2O5. The van der Waals surface area contributed by atoms with Crippen LogP contribution in [0.25, 0.3) is 0 Å². The zero-order valence-corrected chi connectivity index (χ0v) is 16.7. The molecule has 0 spiro atoms. The van der Waals surface area contributed by atoms with Crippen LogP contribution in [0, 0.1) is 11.3 Å². The lowest BCUT2D eigenvalue weighted by molar-refractivity contribution is -0.138. The first-order valence-electron chi connectivity index (χ1n) is 9.64. The molecule has 31 heavy (non-hydrogen) atoms. The van der Waals surface area contributed by atoms with Gasteiger partial charge in [-0.2, -0.15) is 5.26 Å². The van der Waals surface area contributed by atoms with Crippen LogP contribution in [0.1, 0.15) is 22.7 Å². The largest absolute Gasteiger partial charge is 0.491 e. The van der Waals surface area contributed by atoms with Crippen LogP contribution in [-0.2, 0) is 11.4 Å². The van der Waals surface area contributed by atoms with Gasteiger partial charge in [0.2, 0.25) is 0 Å². The Morgan fingerprint density at radius 2 is 1.77 bits per heavy atom. The highest BCUT2D eigenvalue weighted by Gasteiger charge is 2.24. The molecule has 0 fully saturated rings. The molecule has 0 saturated carbocycles. The number of hydrogen-bond acceptors (Lipinski definition) is 6. The van der Waals surface area contributed by atoms with Crippen LogP contribution in [0.4, 0.5) is 5.69 Å². The molecule has 0 aliphatic carbocycles. The minimum absolute atomic E-state index is 0.0282. The van der Waals surface area contributed by atoms with Crippen LogP contribution in [0.3, 0.4) is 0 Å². The maximum Gasteiger partial charge on any atom is 0.330 e. The average Bonchev–Trinajstić information content (AvgIpc) is 2.81. The van der Waals surface area contributed by atoms with Crippen LogP contribution in [0.5, 0.6) is 11.5 Å². The van der Waals surface area contributed by atoms with Crippen molar-refractivity contribution in [2.45, 2.75) is 12.6 Å². The second-order valence-electron chi connectivity index (χ2n) is 6.65. The molecule has 0 heterocycles. The first-order valence-corrected chi connectivity index (χ1v) is 9.64. The Hall–Kier alpha value is -4.02. The van der Waals surface area contributed by atoms with E-state index >= 15 is 0 Å². The van der Waals surface area contributed by atoms with Crippen LogP contribution < -0.4 is 14.8 Å². The number of benzene rings is 3. The number of carboxylic acid groups (broad SMARTS) is 1. The van der Waals surface area contributed by atoms with Gasteiger partial charge in [0, 0.05) is 11.3 Å². The van der Waals surface area contributed by atoms with Gasteiger partial charge in [0.05, 0.1) is 18.2 Å². The number of aliphatic hydroxyl groups excluding tert-OH is 1. The molecule has 1 atom stereocenters. The molecule has 3 rings (SSSR count). The molecule has 0 aromatic heterocycles. The number of aliphatic carboxylic acids is 1. The standard InChI is InChI=1S/C24H22N2O5/c25-15-17-6-8-19(9-7-17)26-23(24(28)29)21-14-20(10-11-22(21)30-13-12-27)31-16-18-4-2-1-3-5-18/h1-11,14,23,26-27H,12-13,16H2,(H,28,29). The first kappa shape index (κ1) is 21.7. The smallest absolute Gasteiger partial charge is 0.330 e. The number of ether oxygens (including phenoxy) is 2. The Labute approximate surface area is 180 Å². The highest BCUT2D eigenvalue weighted by atomic mass is 16.5. The number of carboxylic acids is 1. The fraction of sp³-hybridized carbons (Fsp3) is 0.167. The summed E-state index contributed by atoms with van der Waals surface area (Å²) in [5.74, 6) is -0.295. The number of hydrogen-bond donors (Lipinski definition) is 3. The summed E-state index contributed by atoms with van der Waals surface area (Å²) in [7, 11) is 0. The van der Waals surface area contributed by atoms with E-state index in [2.05, 4.69) is 5.32 Å². The van der Waals surface area contributed by atoms with E-state index in [9.17, 15) is 9.90 Å². The molecule has 7 nitrogen and oxygen atoms in total. The molecule has 3 aromatic carbocycles. The Morgan fingerprint density at radius 1 is 1.03 bits per heavy atom. The third-order valence-electron chi connectivity index (χ3n) is 4.46. The van der Waals surface area contributed by atoms with Gasteiger partial charge in [-0.15, -0.1) is 0 Å². The van der Waals surface area contributed by atoms with Gasteiger partial charge in [-0.25, -0.2) is 4.79 Å². The molecule has 1 unspecified atom stereocenters. The monoisotopic (exact) mass is 418 g/mol. The predicted octanol–water partition coefficient (Wildman–Crippen LogP) is 3.75. The van der Waals surface area contributed by atoms with E-state index in [1.807, 2.05) is 36.4 Å². The highest BCUT2D eigenvalue weighted by molar-refractivity contribution is 5.80. The lowest BCUT2D eigenvalue weighted by Gasteiger charge is -2.20. The fourth-order valence-electron chi connectivity index (χ4n) is 2.95. The van der Waals surface area contributed by atoms with Gasteiger partial charge >= 0.3 is 5.97 Å². The number of nitrogens with one attached hydrogen (secondary N) is 1. The average molecular weight is 418 g/mol. The van der Waals surface area contributed by atoms with Crippen LogP contribution >= 0.6 is 0 Å². The zero-order valence-electron chi connectivity index (χ0n) is 16.7. The summed E-state index contributed by atoms with van der Waals surface area (Å²) in [6.45, 7) is 0.158. The van der Waals surface area contributed by atoms with Gasteiger partial charge in [-0.05, 0) is 48.0 Å². The lowest BCUT2D eigenvalue weighted by Crippen LogP contribution is -2.22. The van der Waals surface area contributed by atoms with Crippen molar-refractivity contribution in [3.63, 3.8) is 0 Å². The molecular weight excluding hydrogens is 396 g/mol. The molecule has 0 aliphatic rings. The molecule has 3 N–H and O–H groups in total. The topological polar surface area (TPSA) is 112 Å². The van der Waals surface area contributed by atoms with Crippen molar-refractivity contribution in [3.05, 3.63) is 89.5 Å². The van der Waals surface area contributed by atoms with E-state index < -0.39 is 12.0 Å². The second-order valence-corrected chi connectivity index (χ2v) is 6.65. The minimum atomic E-state index is -1.14. The molecule has 158 valence electrons. The molecule has 7 heteroatoms. The Bertz CT molecular complexity index is 1050. The van der Waals surface area contributed by atoms with Gasteiger partial charge in [-0.1, -0.05) is 30.3 Å². The molecule has 0 aliphatic heterocycles. The summed E-state index contributed by atoms with van der Waals surface area (Å²) in [6, 6.07) is 21.9. The van der Waals surface area contributed by atoms with E-state index in [4.69, 9.17) is 19.8 Å². The number of rotatable bonds is 10. The van der Waals surface area contributed by atoms with Crippen molar-refractivity contribution < 1.29 is 24.5 Å². The zero-order chi connectivity index (χ0) is 22.1. The number of aliphatic hydroxyl groups is 1. The van der Waals surface area contributed by atoms with Gasteiger partial charge in [0.25, 0.3) is 0 Å². The predicted molar refractivity (Wildman–Crippen MR) is 115 cm³/mol. The van der Waals surface area contributed by atoms with Gasteiger partial charge in [0.1, 0.15) is 24.7 Å². The maximum atomic E-state index is 12.1. The van der Waals surface area contributed by atoms with Crippen LogP contribution in [0.15, 0.2) is 72.8 Å². The number of nitriles is 1. The normalized spacial score (nSPS) is 11.2. The summed E-state index contributed by atoms with van der Waals surface area (Å²) in [4.78, 5) is 12.1. The number of carbonyl (C=O) groups is 1. The third kappa shape index (κ3) is 5.98. The second kappa shape index (κ2) is 10.7. The van der Waals surface area contributed by atoms with Crippen molar-refractivity contribution in [1.82, 2.24) is 0 Å². The summed E-state index contributed by atoms with van der Waals surface area (Å²) < 4.78 is 11.4. The third-order valence-corrected chi connectivity index (χ3v) is 4.46. The number of anilines is 1. The Balaban J connectivity index is 1.88. The Kier molecular flexibility index (Phi) is 7.46. The minimum Gasteiger partial charge on any atom is -0.491 e. The van der Waals surface area contributed by atoms with E-state index in [1.54, 1.807) is 42.5 Å². The SMILES string of the molecule is N#Cc1ccc(NC(C(=O)O)c2cc(OCc3ccccc3)ccc2OCCO)cc1. The Morgan fingerprint density at radius 3 is 2.42 bits per heavy atom. The quantitative estimate of drug-likeness (QED) is 0.460. The van der Waals surface area contributed by atoms with Crippen LogP contribution in [0.2, 0.25) is 0 Å². The van der Waals surface area contributed by atoms with E-state index in [1.165, 1.54) is 0 Å². The van der Waals surface area contributed by atoms with Crippen molar-refractivity contribution in [2.24, 2.45) is 0 Å². The van der Waals surface area contributed by atoms with Crippen molar-refractivity contribution in [1.29, 1.82) is 5.26 Å².